The minimum absolute atomic E-state index is 0.252. The molecule has 0 bridgehead atoms. The molecule has 8 heteroatoms. The van der Waals surface area contributed by atoms with Crippen molar-refractivity contribution in [2.75, 3.05) is 31.3 Å². The Morgan fingerprint density at radius 2 is 2.04 bits per heavy atom. The van der Waals surface area contributed by atoms with Crippen molar-refractivity contribution in [1.82, 2.24) is 14.3 Å². The molecule has 2 heterocycles. The quantitative estimate of drug-likeness (QED) is 0.913. The van der Waals surface area contributed by atoms with E-state index in [1.54, 1.807) is 12.3 Å². The number of hydrogen-bond acceptors (Lipinski definition) is 6. The first-order valence-corrected chi connectivity index (χ1v) is 9.08. The second-order valence-electron chi connectivity index (χ2n) is 5.26. The van der Waals surface area contributed by atoms with E-state index in [1.807, 2.05) is 30.3 Å². The number of aromatic nitrogens is 2. The van der Waals surface area contributed by atoms with Crippen molar-refractivity contribution in [1.29, 1.82) is 0 Å². The minimum Gasteiger partial charge on any atom is -0.378 e. The van der Waals surface area contributed by atoms with Crippen LogP contribution in [0.15, 0.2) is 42.6 Å². The van der Waals surface area contributed by atoms with Crippen molar-refractivity contribution in [2.45, 2.75) is 6.04 Å². The van der Waals surface area contributed by atoms with Crippen molar-refractivity contribution in [3.05, 3.63) is 48.4 Å². The fourth-order valence-corrected chi connectivity index (χ4v) is 3.49. The van der Waals surface area contributed by atoms with E-state index in [4.69, 9.17) is 4.74 Å². The van der Waals surface area contributed by atoms with E-state index in [0.29, 0.717) is 24.8 Å². The summed E-state index contributed by atoms with van der Waals surface area (Å²) in [5.74, 6) is 1.04. The second kappa shape index (κ2) is 6.61. The predicted octanol–water partition coefficient (Wildman–Crippen LogP) is 1.55. The van der Waals surface area contributed by atoms with Gasteiger partial charge in [0.15, 0.2) is 5.82 Å². The van der Waals surface area contributed by atoms with Gasteiger partial charge in [-0.2, -0.15) is 4.31 Å². The Morgan fingerprint density at radius 3 is 2.78 bits per heavy atom. The highest BCUT2D eigenvalue weighted by atomic mass is 32.2. The zero-order chi connectivity index (χ0) is 16.3. The van der Waals surface area contributed by atoms with Crippen LogP contribution in [0, 0.1) is 0 Å². The molecule has 0 radical (unpaired) electrons. The van der Waals surface area contributed by atoms with Crippen LogP contribution < -0.4 is 5.32 Å². The minimum atomic E-state index is -3.34. The van der Waals surface area contributed by atoms with Crippen LogP contribution in [-0.4, -0.2) is 48.7 Å². The van der Waals surface area contributed by atoms with Gasteiger partial charge in [0.25, 0.3) is 0 Å². The summed E-state index contributed by atoms with van der Waals surface area (Å²) in [6.07, 6.45) is 2.81. The Bertz CT molecular complexity index is 767. The Balaban J connectivity index is 1.86. The molecule has 2 aromatic rings. The molecule has 0 spiro atoms. The second-order valence-corrected chi connectivity index (χ2v) is 7.19. The summed E-state index contributed by atoms with van der Waals surface area (Å²) in [6.45, 7) is 0.941. The van der Waals surface area contributed by atoms with Gasteiger partial charge in [-0.05, 0) is 18.2 Å². The molecule has 1 fully saturated rings. The lowest BCUT2D eigenvalue weighted by atomic mass is 10.2. The molecule has 1 saturated heterocycles. The van der Waals surface area contributed by atoms with Gasteiger partial charge in [-0.25, -0.2) is 18.4 Å². The highest BCUT2D eigenvalue weighted by Gasteiger charge is 2.33. The number of benzene rings is 1. The highest BCUT2D eigenvalue weighted by Crippen LogP contribution is 2.25. The highest BCUT2D eigenvalue weighted by molar-refractivity contribution is 7.88. The molecule has 0 unspecified atom stereocenters. The van der Waals surface area contributed by atoms with Crippen LogP contribution in [-0.2, 0) is 14.8 Å². The summed E-state index contributed by atoms with van der Waals surface area (Å²) in [5.41, 5.74) is 0.900. The van der Waals surface area contributed by atoms with E-state index in [0.717, 1.165) is 5.69 Å². The van der Waals surface area contributed by atoms with E-state index < -0.39 is 16.1 Å². The Hall–Kier alpha value is -2.03. The first-order valence-electron chi connectivity index (χ1n) is 7.23. The number of nitrogens with zero attached hydrogens (tertiary/aromatic N) is 3. The average Bonchev–Trinajstić information content (AvgIpc) is 2.55. The van der Waals surface area contributed by atoms with E-state index in [9.17, 15) is 8.42 Å². The van der Waals surface area contributed by atoms with E-state index in [-0.39, 0.29) is 6.61 Å². The summed E-state index contributed by atoms with van der Waals surface area (Å²) in [5, 5.41) is 3.18. The monoisotopic (exact) mass is 334 g/mol. The van der Waals surface area contributed by atoms with Crippen molar-refractivity contribution >= 4 is 21.5 Å². The Morgan fingerprint density at radius 1 is 1.26 bits per heavy atom. The number of hydrogen-bond donors (Lipinski definition) is 1. The van der Waals surface area contributed by atoms with Crippen LogP contribution in [0.5, 0.6) is 0 Å². The third kappa shape index (κ3) is 3.84. The molecule has 0 amide bonds. The molecule has 122 valence electrons. The van der Waals surface area contributed by atoms with Gasteiger partial charge in [0.2, 0.25) is 10.0 Å². The molecule has 0 saturated carbocycles. The summed E-state index contributed by atoms with van der Waals surface area (Å²) in [7, 11) is -3.34. The fraction of sp³-hybridized carbons (Fsp3) is 0.333. The van der Waals surface area contributed by atoms with E-state index in [1.165, 1.54) is 10.6 Å². The summed E-state index contributed by atoms with van der Waals surface area (Å²) >= 11 is 0. The number of nitrogens with one attached hydrogen (secondary N) is 1. The lowest BCUT2D eigenvalue weighted by molar-refractivity contribution is 0.0293. The van der Waals surface area contributed by atoms with Crippen molar-refractivity contribution in [2.24, 2.45) is 0 Å². The lowest BCUT2D eigenvalue weighted by Crippen LogP contribution is -2.43. The summed E-state index contributed by atoms with van der Waals surface area (Å²) in [6, 6.07) is 10.9. The molecule has 7 nitrogen and oxygen atoms in total. The Kier molecular flexibility index (Phi) is 4.56. The summed E-state index contributed by atoms with van der Waals surface area (Å²) < 4.78 is 30.7. The first kappa shape index (κ1) is 15.9. The maximum atomic E-state index is 11.9. The third-order valence-electron chi connectivity index (χ3n) is 3.52. The molecular formula is C15H18N4O3S. The smallest absolute Gasteiger partial charge is 0.212 e. The maximum absolute atomic E-state index is 11.9. The SMILES string of the molecule is CS(=O)(=O)N1CCOC[C@@H]1c1nccc(Nc2ccccc2)n1. The molecule has 1 aromatic carbocycles. The van der Waals surface area contributed by atoms with Gasteiger partial charge in [-0.1, -0.05) is 18.2 Å². The van der Waals surface area contributed by atoms with Crippen LogP contribution in [0.25, 0.3) is 0 Å². The number of morpholine rings is 1. The first-order chi connectivity index (χ1) is 11.0. The summed E-state index contributed by atoms with van der Waals surface area (Å²) in [4.78, 5) is 8.68. The largest absolute Gasteiger partial charge is 0.378 e. The molecule has 3 rings (SSSR count). The van der Waals surface area contributed by atoms with E-state index >= 15 is 0 Å². The molecule has 23 heavy (non-hydrogen) atoms. The molecule has 1 aliphatic rings. The van der Waals surface area contributed by atoms with Crippen molar-refractivity contribution in [3.8, 4) is 0 Å². The van der Waals surface area contributed by atoms with Crippen LogP contribution >= 0.6 is 0 Å². The van der Waals surface area contributed by atoms with Crippen LogP contribution in [0.4, 0.5) is 11.5 Å². The number of anilines is 2. The normalized spacial score (nSPS) is 19.4. The van der Waals surface area contributed by atoms with Crippen LogP contribution in [0.2, 0.25) is 0 Å². The number of para-hydroxylation sites is 1. The van der Waals surface area contributed by atoms with E-state index in [2.05, 4.69) is 15.3 Å². The zero-order valence-corrected chi connectivity index (χ0v) is 13.5. The fourth-order valence-electron chi connectivity index (χ4n) is 2.46. The lowest BCUT2D eigenvalue weighted by Gasteiger charge is -2.32. The van der Waals surface area contributed by atoms with Crippen LogP contribution in [0.3, 0.4) is 0 Å². The molecular weight excluding hydrogens is 316 g/mol. The number of ether oxygens (including phenoxy) is 1. The standard InChI is InChI=1S/C15H18N4O3S/c1-23(20,21)19-9-10-22-11-13(19)15-16-8-7-14(18-15)17-12-5-3-2-4-6-12/h2-8,13H,9-11H2,1H3,(H,16,17,18)/t13-/m1/s1. The topological polar surface area (TPSA) is 84.4 Å². The Labute approximate surface area is 135 Å². The van der Waals surface area contributed by atoms with Crippen LogP contribution in [0.1, 0.15) is 11.9 Å². The maximum Gasteiger partial charge on any atom is 0.212 e. The van der Waals surface area contributed by atoms with Gasteiger partial charge in [0.1, 0.15) is 11.9 Å². The molecule has 1 aliphatic heterocycles. The molecule has 1 N–H and O–H groups in total. The predicted molar refractivity (Wildman–Crippen MR) is 86.9 cm³/mol. The van der Waals surface area contributed by atoms with Gasteiger partial charge in [-0.15, -0.1) is 0 Å². The van der Waals surface area contributed by atoms with Gasteiger partial charge in [-0.3, -0.25) is 0 Å². The molecule has 0 aliphatic carbocycles. The third-order valence-corrected chi connectivity index (χ3v) is 4.81. The van der Waals surface area contributed by atoms with Gasteiger partial charge >= 0.3 is 0 Å². The van der Waals surface area contributed by atoms with Gasteiger partial charge in [0, 0.05) is 18.4 Å². The molecule has 1 atom stereocenters. The van der Waals surface area contributed by atoms with Crippen molar-refractivity contribution < 1.29 is 13.2 Å². The van der Waals surface area contributed by atoms with Gasteiger partial charge < -0.3 is 10.1 Å². The molecule has 1 aromatic heterocycles. The zero-order valence-electron chi connectivity index (χ0n) is 12.7. The number of rotatable bonds is 4. The average molecular weight is 334 g/mol. The van der Waals surface area contributed by atoms with Crippen molar-refractivity contribution in [3.63, 3.8) is 0 Å². The number of sulfonamides is 1. The van der Waals surface area contributed by atoms with Gasteiger partial charge in [0.05, 0.1) is 19.5 Å².